The van der Waals surface area contributed by atoms with E-state index >= 15 is 0 Å². The maximum Gasteiger partial charge on any atom is 0.126 e. The van der Waals surface area contributed by atoms with Crippen molar-refractivity contribution in [2.24, 2.45) is 0 Å². The summed E-state index contributed by atoms with van der Waals surface area (Å²) >= 11 is 0. The molecule has 0 fully saturated rings. The molecule has 0 atom stereocenters. The highest BCUT2D eigenvalue weighted by molar-refractivity contribution is 6.05. The van der Waals surface area contributed by atoms with Crippen molar-refractivity contribution in [2.75, 3.05) is 10.6 Å². The van der Waals surface area contributed by atoms with Gasteiger partial charge >= 0.3 is 0 Å². The lowest BCUT2D eigenvalue weighted by Gasteiger charge is -2.30. The first-order valence-corrected chi connectivity index (χ1v) is 7.08. The molecule has 3 aromatic rings. The van der Waals surface area contributed by atoms with Crippen molar-refractivity contribution < 1.29 is 4.42 Å². The minimum Gasteiger partial charge on any atom is -0.465 e. The van der Waals surface area contributed by atoms with Crippen LogP contribution in [0.4, 0.5) is 11.4 Å². The molecule has 4 rings (SSSR count). The first-order valence-electron chi connectivity index (χ1n) is 7.08. The van der Waals surface area contributed by atoms with Crippen LogP contribution in [0.2, 0.25) is 0 Å². The normalized spacial score (nSPS) is 14.8. The van der Waals surface area contributed by atoms with Crippen LogP contribution >= 0.6 is 0 Å². The van der Waals surface area contributed by atoms with Crippen molar-refractivity contribution in [2.45, 2.75) is 13.1 Å². The van der Waals surface area contributed by atoms with Gasteiger partial charge in [0.1, 0.15) is 11.9 Å². The molecular formula is C18H16N2O. The van der Waals surface area contributed by atoms with Crippen molar-refractivity contribution >= 4 is 28.2 Å². The molecule has 0 spiro atoms. The highest BCUT2D eigenvalue weighted by Gasteiger charge is 2.19. The first kappa shape index (κ1) is 12.1. The molecule has 0 aliphatic carbocycles. The summed E-state index contributed by atoms with van der Waals surface area (Å²) in [6.45, 7) is 2.10. The molecule has 0 unspecified atom stereocenters. The Kier molecular flexibility index (Phi) is 2.71. The van der Waals surface area contributed by atoms with E-state index in [-0.39, 0.29) is 6.17 Å². The molecule has 2 heterocycles. The molecule has 3 heteroatoms. The molecule has 0 bridgehead atoms. The zero-order valence-electron chi connectivity index (χ0n) is 11.8. The van der Waals surface area contributed by atoms with Gasteiger partial charge in [0.15, 0.2) is 0 Å². The Balaban J connectivity index is 1.73. The van der Waals surface area contributed by atoms with E-state index < -0.39 is 0 Å². The number of rotatable bonds is 2. The van der Waals surface area contributed by atoms with Gasteiger partial charge in [0.2, 0.25) is 0 Å². The van der Waals surface area contributed by atoms with E-state index in [9.17, 15) is 0 Å². The fraction of sp³-hybridized carbons (Fsp3) is 0.111. The molecule has 0 saturated carbocycles. The lowest BCUT2D eigenvalue weighted by atomic mass is 10.0. The van der Waals surface area contributed by atoms with Gasteiger partial charge in [-0.25, -0.2) is 0 Å². The third-order valence-corrected chi connectivity index (χ3v) is 3.87. The Morgan fingerprint density at radius 3 is 2.33 bits per heavy atom. The fourth-order valence-corrected chi connectivity index (χ4v) is 2.84. The Hall–Kier alpha value is -2.68. The van der Waals surface area contributed by atoms with Crippen molar-refractivity contribution in [3.8, 4) is 0 Å². The van der Waals surface area contributed by atoms with E-state index in [1.54, 1.807) is 6.26 Å². The third-order valence-electron chi connectivity index (χ3n) is 3.87. The first-order chi connectivity index (χ1) is 10.3. The second-order valence-corrected chi connectivity index (χ2v) is 5.33. The summed E-state index contributed by atoms with van der Waals surface area (Å²) in [5, 5.41) is 9.60. The highest BCUT2D eigenvalue weighted by atomic mass is 16.3. The Labute approximate surface area is 123 Å². The molecule has 0 radical (unpaired) electrons. The highest BCUT2D eigenvalue weighted by Crippen LogP contribution is 2.35. The Morgan fingerprint density at radius 2 is 1.71 bits per heavy atom. The van der Waals surface area contributed by atoms with E-state index in [0.29, 0.717) is 0 Å². The van der Waals surface area contributed by atoms with E-state index in [4.69, 9.17) is 4.42 Å². The summed E-state index contributed by atoms with van der Waals surface area (Å²) in [5.74, 6) is 0.869. The maximum absolute atomic E-state index is 5.39. The minimum atomic E-state index is 0.0654. The van der Waals surface area contributed by atoms with Crippen LogP contribution < -0.4 is 10.6 Å². The Bertz CT molecular complexity index is 778. The predicted molar refractivity (Wildman–Crippen MR) is 87.3 cm³/mol. The van der Waals surface area contributed by atoms with Crippen LogP contribution in [-0.4, -0.2) is 6.17 Å². The van der Waals surface area contributed by atoms with E-state index in [2.05, 4.69) is 60.0 Å². The van der Waals surface area contributed by atoms with Gasteiger partial charge in [-0.3, -0.25) is 0 Å². The SMILES string of the molecule is CC(=Cc1ccco1)C1Nc2cccc3cccc(c23)N1. The summed E-state index contributed by atoms with van der Waals surface area (Å²) in [5.41, 5.74) is 3.51. The van der Waals surface area contributed by atoms with Crippen LogP contribution in [0.25, 0.3) is 16.8 Å². The fourth-order valence-electron chi connectivity index (χ4n) is 2.84. The molecule has 2 N–H and O–H groups in total. The lowest BCUT2D eigenvalue weighted by Crippen LogP contribution is -2.32. The van der Waals surface area contributed by atoms with Gasteiger partial charge in [0.25, 0.3) is 0 Å². The molecule has 3 nitrogen and oxygen atoms in total. The zero-order chi connectivity index (χ0) is 14.2. The number of benzene rings is 2. The van der Waals surface area contributed by atoms with Crippen molar-refractivity contribution in [3.05, 3.63) is 66.1 Å². The van der Waals surface area contributed by atoms with Gasteiger partial charge in [-0.05, 0) is 48.2 Å². The van der Waals surface area contributed by atoms with Crippen LogP contribution in [0.1, 0.15) is 12.7 Å². The summed E-state index contributed by atoms with van der Waals surface area (Å²) in [6, 6.07) is 16.6. The molecular weight excluding hydrogens is 260 g/mol. The van der Waals surface area contributed by atoms with Crippen molar-refractivity contribution in [1.82, 2.24) is 0 Å². The van der Waals surface area contributed by atoms with E-state index in [0.717, 1.165) is 5.76 Å². The molecule has 0 amide bonds. The van der Waals surface area contributed by atoms with Gasteiger partial charge in [-0.15, -0.1) is 0 Å². The van der Waals surface area contributed by atoms with Gasteiger partial charge in [0, 0.05) is 16.8 Å². The monoisotopic (exact) mass is 276 g/mol. The molecule has 0 saturated heterocycles. The van der Waals surface area contributed by atoms with Crippen LogP contribution in [0, 0.1) is 0 Å². The summed E-state index contributed by atoms with van der Waals surface area (Å²) in [6.07, 6.45) is 3.81. The largest absolute Gasteiger partial charge is 0.465 e. The summed E-state index contributed by atoms with van der Waals surface area (Å²) in [4.78, 5) is 0. The van der Waals surface area contributed by atoms with E-state index in [1.165, 1.54) is 27.7 Å². The van der Waals surface area contributed by atoms with Crippen molar-refractivity contribution in [1.29, 1.82) is 0 Å². The number of anilines is 2. The summed E-state index contributed by atoms with van der Waals surface area (Å²) < 4.78 is 5.39. The molecule has 1 aliphatic rings. The van der Waals surface area contributed by atoms with E-state index in [1.807, 2.05) is 12.1 Å². The predicted octanol–water partition coefficient (Wildman–Crippen LogP) is 4.70. The smallest absolute Gasteiger partial charge is 0.126 e. The molecule has 104 valence electrons. The maximum atomic E-state index is 5.39. The number of hydrogen-bond donors (Lipinski definition) is 2. The van der Waals surface area contributed by atoms with Crippen LogP contribution in [0.15, 0.2) is 64.8 Å². The zero-order valence-corrected chi connectivity index (χ0v) is 11.8. The summed E-state index contributed by atoms with van der Waals surface area (Å²) in [7, 11) is 0. The van der Waals surface area contributed by atoms with Gasteiger partial charge < -0.3 is 15.1 Å². The number of hydrogen-bond acceptors (Lipinski definition) is 3. The average molecular weight is 276 g/mol. The number of furan rings is 1. The van der Waals surface area contributed by atoms with Gasteiger partial charge in [-0.2, -0.15) is 0 Å². The number of nitrogens with one attached hydrogen (secondary N) is 2. The molecule has 21 heavy (non-hydrogen) atoms. The molecule has 1 aliphatic heterocycles. The second kappa shape index (κ2) is 4.70. The minimum absolute atomic E-state index is 0.0654. The van der Waals surface area contributed by atoms with Crippen LogP contribution in [0.3, 0.4) is 0 Å². The molecule has 2 aromatic carbocycles. The van der Waals surface area contributed by atoms with Crippen LogP contribution in [0.5, 0.6) is 0 Å². The van der Waals surface area contributed by atoms with Gasteiger partial charge in [0.05, 0.1) is 6.26 Å². The average Bonchev–Trinajstić information content (AvgIpc) is 3.00. The Morgan fingerprint density at radius 1 is 1.00 bits per heavy atom. The topological polar surface area (TPSA) is 37.2 Å². The quantitative estimate of drug-likeness (QED) is 0.712. The van der Waals surface area contributed by atoms with Crippen molar-refractivity contribution in [3.63, 3.8) is 0 Å². The van der Waals surface area contributed by atoms with Crippen LogP contribution in [-0.2, 0) is 0 Å². The third kappa shape index (κ3) is 2.07. The molecule has 1 aromatic heterocycles. The van der Waals surface area contributed by atoms with Gasteiger partial charge in [-0.1, -0.05) is 24.3 Å². The lowest BCUT2D eigenvalue weighted by molar-refractivity contribution is 0.556. The second-order valence-electron chi connectivity index (χ2n) is 5.33. The standard InChI is InChI=1S/C18H16N2O/c1-12(11-14-7-4-10-21-14)18-19-15-8-2-5-13-6-3-9-16(20-18)17(13)15/h2-11,18-20H,1H3.